The Labute approximate surface area is 220 Å². The maximum Gasteiger partial charge on any atom is 0.331 e. The monoisotopic (exact) mass is 510 g/mol. The summed E-state index contributed by atoms with van der Waals surface area (Å²) in [6, 6.07) is 0. The lowest BCUT2D eigenvalue weighted by Gasteiger charge is -2.65. The lowest BCUT2D eigenvalue weighted by atomic mass is 9.38. The van der Waals surface area contributed by atoms with Crippen LogP contribution in [0.2, 0.25) is 0 Å². The Bertz CT molecular complexity index is 1120. The molecule has 0 bridgehead atoms. The molecule has 0 aliphatic heterocycles. The van der Waals surface area contributed by atoms with Crippen molar-refractivity contribution in [1.82, 2.24) is 0 Å². The highest BCUT2D eigenvalue weighted by molar-refractivity contribution is 5.99. The van der Waals surface area contributed by atoms with Crippen molar-refractivity contribution < 1.29 is 29.0 Å². The second kappa shape index (κ2) is 9.36. The largest absolute Gasteiger partial charge is 0.478 e. The van der Waals surface area contributed by atoms with E-state index in [1.807, 2.05) is 32.9 Å². The summed E-state index contributed by atoms with van der Waals surface area (Å²) >= 11 is 0. The minimum Gasteiger partial charge on any atom is -0.478 e. The molecule has 4 aliphatic rings. The van der Waals surface area contributed by atoms with Gasteiger partial charge in [-0.15, -0.1) is 0 Å². The van der Waals surface area contributed by atoms with Crippen molar-refractivity contribution in [3.05, 3.63) is 34.9 Å². The van der Waals surface area contributed by atoms with Gasteiger partial charge in [0.25, 0.3) is 0 Å². The average Bonchev–Trinajstić information content (AvgIpc) is 3.05. The second-order valence-electron chi connectivity index (χ2n) is 12.9. The zero-order valence-corrected chi connectivity index (χ0v) is 23.3. The lowest BCUT2D eigenvalue weighted by Crippen LogP contribution is -2.63. The third-order valence-corrected chi connectivity index (χ3v) is 10.6. The SMILES string of the molecule is CC(=O)O[C@H]1C[C@@]2(C)[C@@H](CC[C@H]3[C@@]4(C)C=CC(=O)[C@@H](C)[C@@H]4C(=O)C[C@@]32C)/C1=C(/CCC=C(C)C)C(=O)O. The van der Waals surface area contributed by atoms with E-state index in [1.165, 1.54) is 6.92 Å². The molecule has 6 nitrogen and oxygen atoms in total. The second-order valence-corrected chi connectivity index (χ2v) is 12.9. The number of allylic oxidation sites excluding steroid dienone is 4. The minimum atomic E-state index is -0.958. The van der Waals surface area contributed by atoms with Crippen molar-refractivity contribution in [3.63, 3.8) is 0 Å². The van der Waals surface area contributed by atoms with E-state index in [9.17, 15) is 24.3 Å². The summed E-state index contributed by atoms with van der Waals surface area (Å²) in [4.78, 5) is 51.1. The minimum absolute atomic E-state index is 0.0165. The number of carbonyl (C=O) groups excluding carboxylic acids is 3. The van der Waals surface area contributed by atoms with Gasteiger partial charge in [0.05, 0.1) is 0 Å². The molecule has 0 aromatic heterocycles. The standard InChI is InChI=1S/C31H42O6/c1-17(2)9-8-10-20(28(35)36)26-21-11-12-25-29(5)14-13-22(33)18(3)27(29)23(34)15-31(25,7)30(21,6)16-24(26)37-19(4)32/h9,13-14,18,21,24-25,27H,8,10-12,15-16H2,1-7H3,(H,35,36)/b26-20+/t18-,21+,24+,25+,27-,29-,30+,31+/m1/s1. The molecule has 0 aromatic rings. The first kappa shape index (κ1) is 27.5. The fourth-order valence-corrected chi connectivity index (χ4v) is 8.92. The molecule has 3 fully saturated rings. The predicted molar refractivity (Wildman–Crippen MR) is 140 cm³/mol. The number of ether oxygens (including phenoxy) is 1. The van der Waals surface area contributed by atoms with Gasteiger partial charge in [0.15, 0.2) is 5.78 Å². The molecule has 202 valence electrons. The predicted octanol–water partition coefficient (Wildman–Crippen LogP) is 5.86. The molecule has 0 spiro atoms. The average molecular weight is 511 g/mol. The van der Waals surface area contributed by atoms with Gasteiger partial charge in [-0.1, -0.05) is 45.4 Å². The number of esters is 1. The molecular formula is C31H42O6. The van der Waals surface area contributed by atoms with Crippen molar-refractivity contribution in [2.75, 3.05) is 0 Å². The molecule has 0 unspecified atom stereocenters. The van der Waals surface area contributed by atoms with Crippen LogP contribution in [0.5, 0.6) is 0 Å². The lowest BCUT2D eigenvalue weighted by molar-refractivity contribution is -0.176. The Hall–Kier alpha value is -2.50. The van der Waals surface area contributed by atoms with Gasteiger partial charge in [0, 0.05) is 30.8 Å². The van der Waals surface area contributed by atoms with Gasteiger partial charge < -0.3 is 9.84 Å². The number of carboxylic acids is 1. The zero-order valence-electron chi connectivity index (χ0n) is 23.3. The molecule has 0 amide bonds. The Morgan fingerprint density at radius 3 is 2.38 bits per heavy atom. The summed E-state index contributed by atoms with van der Waals surface area (Å²) in [5, 5.41) is 10.3. The quantitative estimate of drug-likeness (QED) is 0.283. The Kier molecular flexibility index (Phi) is 6.96. The van der Waals surface area contributed by atoms with Crippen LogP contribution in [-0.2, 0) is 23.9 Å². The first-order valence-electron chi connectivity index (χ1n) is 13.7. The maximum atomic E-state index is 13.8. The number of carboxylic acid groups (broad SMARTS) is 1. The first-order valence-corrected chi connectivity index (χ1v) is 13.7. The normalized spacial score (nSPS) is 41.9. The van der Waals surface area contributed by atoms with E-state index < -0.39 is 34.3 Å². The number of rotatable bonds is 5. The fraction of sp³-hybridized carbons (Fsp3) is 0.677. The van der Waals surface area contributed by atoms with Gasteiger partial charge in [0.1, 0.15) is 11.9 Å². The highest BCUT2D eigenvalue weighted by Gasteiger charge is 2.70. The van der Waals surface area contributed by atoms with Crippen molar-refractivity contribution in [1.29, 1.82) is 0 Å². The van der Waals surface area contributed by atoms with Crippen LogP contribution >= 0.6 is 0 Å². The van der Waals surface area contributed by atoms with Crippen LogP contribution in [0.4, 0.5) is 0 Å². The maximum absolute atomic E-state index is 13.8. The van der Waals surface area contributed by atoms with E-state index in [1.54, 1.807) is 6.08 Å². The summed E-state index contributed by atoms with van der Waals surface area (Å²) < 4.78 is 5.83. The molecule has 0 saturated heterocycles. The summed E-state index contributed by atoms with van der Waals surface area (Å²) in [6.07, 6.45) is 8.54. The zero-order chi connectivity index (χ0) is 27.5. The van der Waals surface area contributed by atoms with E-state index in [4.69, 9.17) is 4.74 Å². The molecular weight excluding hydrogens is 468 g/mol. The smallest absolute Gasteiger partial charge is 0.331 e. The van der Waals surface area contributed by atoms with E-state index in [-0.39, 0.29) is 35.2 Å². The van der Waals surface area contributed by atoms with Gasteiger partial charge in [-0.05, 0) is 85.7 Å². The van der Waals surface area contributed by atoms with Crippen LogP contribution < -0.4 is 0 Å². The van der Waals surface area contributed by atoms with Crippen LogP contribution in [0.3, 0.4) is 0 Å². The molecule has 37 heavy (non-hydrogen) atoms. The summed E-state index contributed by atoms with van der Waals surface area (Å²) in [5.74, 6) is -1.83. The summed E-state index contributed by atoms with van der Waals surface area (Å²) in [5.41, 5.74) is 0.940. The van der Waals surface area contributed by atoms with Crippen molar-refractivity contribution in [3.8, 4) is 0 Å². The van der Waals surface area contributed by atoms with Crippen LogP contribution in [0.1, 0.15) is 87.0 Å². The third kappa shape index (κ3) is 4.15. The summed E-state index contributed by atoms with van der Waals surface area (Å²) in [6.45, 7) is 13.7. The number of fused-ring (bicyclic) bond motifs is 5. The highest BCUT2D eigenvalue weighted by atomic mass is 16.5. The molecule has 8 atom stereocenters. The number of hydrogen-bond donors (Lipinski definition) is 1. The van der Waals surface area contributed by atoms with E-state index in [0.29, 0.717) is 31.3 Å². The van der Waals surface area contributed by atoms with Gasteiger partial charge >= 0.3 is 11.9 Å². The Balaban J connectivity index is 1.84. The molecule has 1 N–H and O–H groups in total. The Morgan fingerprint density at radius 2 is 1.78 bits per heavy atom. The summed E-state index contributed by atoms with van der Waals surface area (Å²) in [7, 11) is 0. The van der Waals surface area contributed by atoms with E-state index in [0.717, 1.165) is 24.0 Å². The van der Waals surface area contributed by atoms with E-state index in [2.05, 4.69) is 20.8 Å². The molecule has 4 aliphatic carbocycles. The Morgan fingerprint density at radius 1 is 1.11 bits per heavy atom. The molecule has 6 heteroatoms. The van der Waals surface area contributed by atoms with Gasteiger partial charge in [-0.3, -0.25) is 14.4 Å². The first-order chi connectivity index (χ1) is 17.2. The van der Waals surface area contributed by atoms with Crippen molar-refractivity contribution in [2.45, 2.75) is 93.1 Å². The van der Waals surface area contributed by atoms with Crippen molar-refractivity contribution in [2.24, 2.45) is 39.9 Å². The number of carbonyl (C=O) groups is 4. The fourth-order valence-electron chi connectivity index (χ4n) is 8.92. The molecule has 3 saturated carbocycles. The molecule has 0 radical (unpaired) electrons. The van der Waals surface area contributed by atoms with Crippen molar-refractivity contribution >= 4 is 23.5 Å². The van der Waals surface area contributed by atoms with Gasteiger partial charge in [0.2, 0.25) is 0 Å². The van der Waals surface area contributed by atoms with E-state index >= 15 is 0 Å². The van der Waals surface area contributed by atoms with Crippen LogP contribution in [0.25, 0.3) is 0 Å². The molecule has 0 aromatic carbocycles. The number of hydrogen-bond acceptors (Lipinski definition) is 5. The van der Waals surface area contributed by atoms with Gasteiger partial charge in [-0.25, -0.2) is 4.79 Å². The topological polar surface area (TPSA) is 97.7 Å². The highest BCUT2D eigenvalue weighted by Crippen LogP contribution is 2.73. The molecule has 0 heterocycles. The molecule has 4 rings (SSSR count). The number of aliphatic carboxylic acids is 1. The number of ketones is 2. The number of Topliss-reactive ketones (excluding diaryl/α,β-unsaturated/α-hetero) is 1. The third-order valence-electron chi connectivity index (χ3n) is 10.6. The van der Waals surface area contributed by atoms with Gasteiger partial charge in [-0.2, -0.15) is 0 Å². The van der Waals surface area contributed by atoms with Crippen LogP contribution in [-0.4, -0.2) is 34.7 Å². The van der Waals surface area contributed by atoms with Crippen LogP contribution in [0.15, 0.2) is 34.9 Å². The van der Waals surface area contributed by atoms with Crippen LogP contribution in [0, 0.1) is 39.9 Å².